The molecule has 20 heavy (non-hydrogen) atoms. The third-order valence-electron chi connectivity index (χ3n) is 3.67. The van der Waals surface area contributed by atoms with E-state index >= 15 is 0 Å². The van der Waals surface area contributed by atoms with Crippen LogP contribution in [0, 0.1) is 0 Å². The Labute approximate surface area is 126 Å². The molecule has 1 aliphatic rings. The summed E-state index contributed by atoms with van der Waals surface area (Å²) in [4.78, 5) is 24.0. The minimum atomic E-state index is -0.864. The molecule has 1 fully saturated rings. The number of hydrogen-bond donors (Lipinski definition) is 2. The molecule has 0 aromatic carbocycles. The lowest BCUT2D eigenvalue weighted by Gasteiger charge is -2.35. The van der Waals surface area contributed by atoms with Gasteiger partial charge in [-0.2, -0.15) is 0 Å². The van der Waals surface area contributed by atoms with Crippen molar-refractivity contribution in [2.45, 2.75) is 50.2 Å². The van der Waals surface area contributed by atoms with Crippen LogP contribution in [0.25, 0.3) is 0 Å². The SMILES string of the molecule is COC(=O)C1(NC(=O)CC(CN)OC)CCCCC1.Cl. The number of rotatable bonds is 6. The number of carbonyl (C=O) groups is 2. The summed E-state index contributed by atoms with van der Waals surface area (Å²) in [6.45, 7) is 0.273. The average Bonchev–Trinajstić information content (AvgIpc) is 2.44. The van der Waals surface area contributed by atoms with E-state index in [1.807, 2.05) is 0 Å². The lowest BCUT2D eigenvalue weighted by molar-refractivity contribution is -0.153. The van der Waals surface area contributed by atoms with Gasteiger partial charge in [0.1, 0.15) is 5.54 Å². The van der Waals surface area contributed by atoms with Crippen molar-refractivity contribution in [3.8, 4) is 0 Å². The van der Waals surface area contributed by atoms with Gasteiger partial charge in [-0.05, 0) is 12.8 Å². The fourth-order valence-corrected chi connectivity index (χ4v) is 2.52. The minimum absolute atomic E-state index is 0. The number of halogens is 1. The molecule has 3 N–H and O–H groups in total. The van der Waals surface area contributed by atoms with Gasteiger partial charge in [-0.1, -0.05) is 19.3 Å². The van der Waals surface area contributed by atoms with Crippen LogP contribution in [-0.4, -0.2) is 44.3 Å². The van der Waals surface area contributed by atoms with E-state index in [9.17, 15) is 9.59 Å². The van der Waals surface area contributed by atoms with E-state index in [1.165, 1.54) is 14.2 Å². The van der Waals surface area contributed by atoms with Gasteiger partial charge in [-0.25, -0.2) is 4.79 Å². The molecule has 0 radical (unpaired) electrons. The molecular formula is C13H25ClN2O4. The second kappa shape index (κ2) is 9.15. The Hall–Kier alpha value is -0.850. The first-order valence-electron chi connectivity index (χ1n) is 6.70. The number of hydrogen-bond acceptors (Lipinski definition) is 5. The summed E-state index contributed by atoms with van der Waals surface area (Å²) < 4.78 is 9.92. The van der Waals surface area contributed by atoms with Gasteiger partial charge in [0.2, 0.25) is 5.91 Å². The molecule has 1 saturated carbocycles. The van der Waals surface area contributed by atoms with Crippen LogP contribution in [0.15, 0.2) is 0 Å². The lowest BCUT2D eigenvalue weighted by atomic mass is 9.81. The van der Waals surface area contributed by atoms with E-state index in [1.54, 1.807) is 0 Å². The van der Waals surface area contributed by atoms with E-state index in [0.29, 0.717) is 12.8 Å². The monoisotopic (exact) mass is 308 g/mol. The van der Waals surface area contributed by atoms with Crippen LogP contribution in [0.5, 0.6) is 0 Å². The van der Waals surface area contributed by atoms with Gasteiger partial charge in [0.05, 0.1) is 19.6 Å². The number of methoxy groups -OCH3 is 2. The second-order valence-corrected chi connectivity index (χ2v) is 4.98. The average molecular weight is 309 g/mol. The number of esters is 1. The largest absolute Gasteiger partial charge is 0.467 e. The molecule has 6 nitrogen and oxygen atoms in total. The molecule has 0 heterocycles. The fourth-order valence-electron chi connectivity index (χ4n) is 2.52. The summed E-state index contributed by atoms with van der Waals surface area (Å²) in [7, 11) is 2.87. The van der Waals surface area contributed by atoms with Crippen LogP contribution in [0.2, 0.25) is 0 Å². The molecule has 1 aliphatic carbocycles. The van der Waals surface area contributed by atoms with Crippen molar-refractivity contribution in [2.24, 2.45) is 5.73 Å². The number of carbonyl (C=O) groups excluding carboxylic acids is 2. The maximum Gasteiger partial charge on any atom is 0.331 e. The highest BCUT2D eigenvalue weighted by molar-refractivity contribution is 5.88. The number of nitrogens with one attached hydrogen (secondary N) is 1. The van der Waals surface area contributed by atoms with Crippen LogP contribution in [0.4, 0.5) is 0 Å². The Morgan fingerprint density at radius 1 is 1.25 bits per heavy atom. The molecule has 7 heteroatoms. The predicted molar refractivity (Wildman–Crippen MR) is 77.7 cm³/mol. The van der Waals surface area contributed by atoms with Crippen LogP contribution >= 0.6 is 12.4 Å². The molecule has 0 aromatic heterocycles. The number of nitrogens with two attached hydrogens (primary N) is 1. The normalized spacial score (nSPS) is 18.6. The maximum atomic E-state index is 12.0. The third-order valence-corrected chi connectivity index (χ3v) is 3.67. The molecule has 118 valence electrons. The molecule has 1 atom stereocenters. The van der Waals surface area contributed by atoms with E-state index in [-0.39, 0.29) is 43.4 Å². The zero-order valence-corrected chi connectivity index (χ0v) is 13.0. The zero-order chi connectivity index (χ0) is 14.3. The molecule has 0 bridgehead atoms. The molecule has 1 amide bonds. The van der Waals surface area contributed by atoms with E-state index in [4.69, 9.17) is 15.2 Å². The fraction of sp³-hybridized carbons (Fsp3) is 0.846. The first-order chi connectivity index (χ1) is 9.07. The molecular weight excluding hydrogens is 284 g/mol. The highest BCUT2D eigenvalue weighted by Gasteiger charge is 2.42. The third kappa shape index (κ3) is 4.92. The Kier molecular flexibility index (Phi) is 8.76. The van der Waals surface area contributed by atoms with Gasteiger partial charge in [0.25, 0.3) is 0 Å². The van der Waals surface area contributed by atoms with Crippen LogP contribution in [-0.2, 0) is 19.1 Å². The first-order valence-corrected chi connectivity index (χ1v) is 6.70. The topological polar surface area (TPSA) is 90.7 Å². The highest BCUT2D eigenvalue weighted by Crippen LogP contribution is 2.29. The van der Waals surface area contributed by atoms with Gasteiger partial charge in [0.15, 0.2) is 0 Å². The van der Waals surface area contributed by atoms with E-state index in [2.05, 4.69) is 5.32 Å². The van der Waals surface area contributed by atoms with Gasteiger partial charge in [-0.15, -0.1) is 12.4 Å². The lowest BCUT2D eigenvalue weighted by Crippen LogP contribution is -2.56. The summed E-state index contributed by atoms with van der Waals surface area (Å²) in [5, 5.41) is 2.83. The molecule has 0 spiro atoms. The number of ether oxygens (including phenoxy) is 2. The van der Waals surface area contributed by atoms with E-state index in [0.717, 1.165) is 19.3 Å². The summed E-state index contributed by atoms with van der Waals surface area (Å²) in [6, 6.07) is 0. The van der Waals surface area contributed by atoms with Gasteiger partial charge >= 0.3 is 5.97 Å². The van der Waals surface area contributed by atoms with Crippen LogP contribution in [0.3, 0.4) is 0 Å². The predicted octanol–water partition coefficient (Wildman–Crippen LogP) is 0.764. The van der Waals surface area contributed by atoms with Gasteiger partial charge < -0.3 is 20.5 Å². The van der Waals surface area contributed by atoms with Gasteiger partial charge in [0, 0.05) is 13.7 Å². The minimum Gasteiger partial charge on any atom is -0.467 e. The molecule has 0 saturated heterocycles. The van der Waals surface area contributed by atoms with Crippen molar-refractivity contribution in [1.29, 1.82) is 0 Å². The van der Waals surface area contributed by atoms with Crippen molar-refractivity contribution in [1.82, 2.24) is 5.32 Å². The quantitative estimate of drug-likeness (QED) is 0.707. The second-order valence-electron chi connectivity index (χ2n) is 4.98. The Balaban J connectivity index is 0.00000361. The Morgan fingerprint density at radius 3 is 2.30 bits per heavy atom. The molecule has 1 unspecified atom stereocenters. The zero-order valence-electron chi connectivity index (χ0n) is 12.1. The smallest absolute Gasteiger partial charge is 0.331 e. The molecule has 1 rings (SSSR count). The maximum absolute atomic E-state index is 12.0. The summed E-state index contributed by atoms with van der Waals surface area (Å²) >= 11 is 0. The summed E-state index contributed by atoms with van der Waals surface area (Å²) in [6.07, 6.45) is 4.01. The summed E-state index contributed by atoms with van der Waals surface area (Å²) in [5.74, 6) is -0.577. The Morgan fingerprint density at radius 2 is 1.85 bits per heavy atom. The standard InChI is InChI=1S/C13H24N2O4.ClH/c1-18-10(9-14)8-11(16)15-13(12(17)19-2)6-4-3-5-7-13;/h10H,3-9,14H2,1-2H3,(H,15,16);1H. The molecule has 0 aromatic rings. The first kappa shape index (κ1) is 19.1. The van der Waals surface area contributed by atoms with Crippen molar-refractivity contribution in [2.75, 3.05) is 20.8 Å². The molecule has 0 aliphatic heterocycles. The van der Waals surface area contributed by atoms with Crippen molar-refractivity contribution >= 4 is 24.3 Å². The Bertz CT molecular complexity index is 315. The highest BCUT2D eigenvalue weighted by atomic mass is 35.5. The van der Waals surface area contributed by atoms with Crippen LogP contribution < -0.4 is 11.1 Å². The van der Waals surface area contributed by atoms with Crippen LogP contribution in [0.1, 0.15) is 38.5 Å². The van der Waals surface area contributed by atoms with Crippen molar-refractivity contribution in [3.63, 3.8) is 0 Å². The van der Waals surface area contributed by atoms with Crippen molar-refractivity contribution < 1.29 is 19.1 Å². The summed E-state index contributed by atoms with van der Waals surface area (Å²) in [5.41, 5.74) is 4.62. The van der Waals surface area contributed by atoms with E-state index < -0.39 is 5.54 Å². The number of amides is 1. The van der Waals surface area contributed by atoms with Gasteiger partial charge in [-0.3, -0.25) is 4.79 Å². The van der Waals surface area contributed by atoms with Crippen molar-refractivity contribution in [3.05, 3.63) is 0 Å².